The van der Waals surface area contributed by atoms with Gasteiger partial charge in [0.05, 0.1) is 6.21 Å². The molecule has 3 heteroatoms. The van der Waals surface area contributed by atoms with Crippen LogP contribution in [0.2, 0.25) is 0 Å². The highest BCUT2D eigenvalue weighted by molar-refractivity contribution is 6.00. The van der Waals surface area contributed by atoms with Gasteiger partial charge in [-0.2, -0.15) is 5.10 Å². The molecule has 0 aromatic heterocycles. The Hall–Kier alpha value is -2.16. The zero-order valence-electron chi connectivity index (χ0n) is 11.5. The van der Waals surface area contributed by atoms with Gasteiger partial charge in [0.25, 0.3) is 0 Å². The Morgan fingerprint density at radius 3 is 2.90 bits per heavy atom. The predicted molar refractivity (Wildman–Crippen MR) is 85.4 cm³/mol. The molecule has 0 saturated heterocycles. The third-order valence-corrected chi connectivity index (χ3v) is 3.59. The monoisotopic (exact) mass is 265 g/mol. The fraction of sp³-hybridized carbons (Fsp3) is 0.294. The van der Waals surface area contributed by atoms with Crippen molar-refractivity contribution in [2.45, 2.75) is 25.7 Å². The first kappa shape index (κ1) is 12.9. The van der Waals surface area contributed by atoms with Crippen LogP contribution in [0.1, 0.15) is 31.2 Å². The Labute approximate surface area is 119 Å². The number of amidine groups is 1. The quantitative estimate of drug-likeness (QED) is 0.652. The van der Waals surface area contributed by atoms with Crippen molar-refractivity contribution >= 4 is 22.8 Å². The second kappa shape index (κ2) is 6.33. The topological polar surface area (TPSA) is 36.8 Å². The van der Waals surface area contributed by atoms with Gasteiger partial charge in [0, 0.05) is 18.5 Å². The van der Waals surface area contributed by atoms with Gasteiger partial charge in [0.15, 0.2) is 0 Å². The molecule has 0 unspecified atom stereocenters. The van der Waals surface area contributed by atoms with E-state index in [1.165, 1.54) is 30.0 Å². The van der Waals surface area contributed by atoms with Crippen LogP contribution in [-0.2, 0) is 0 Å². The molecule has 0 bridgehead atoms. The summed E-state index contributed by atoms with van der Waals surface area (Å²) in [5.74, 6) is 1.01. The molecule has 2 aromatic carbocycles. The number of benzene rings is 2. The lowest BCUT2D eigenvalue weighted by Crippen LogP contribution is -2.17. The standard InChI is InChI=1S/C17H19N3/c1-2-11-17(18-12-5-1)20-19-13-15-9-6-8-14-7-3-4-10-16(14)15/h3-4,6-10,13H,1-2,5,11-12H2,(H,18,20)/b19-13-. The van der Waals surface area contributed by atoms with E-state index in [4.69, 9.17) is 0 Å². The van der Waals surface area contributed by atoms with E-state index >= 15 is 0 Å². The molecule has 1 heterocycles. The first-order valence-electron chi connectivity index (χ1n) is 7.24. The lowest BCUT2D eigenvalue weighted by Gasteiger charge is -2.03. The molecule has 3 nitrogen and oxygen atoms in total. The van der Waals surface area contributed by atoms with Gasteiger partial charge in [-0.3, -0.25) is 10.4 Å². The van der Waals surface area contributed by atoms with Crippen molar-refractivity contribution in [2.24, 2.45) is 10.1 Å². The Morgan fingerprint density at radius 1 is 1.00 bits per heavy atom. The molecule has 20 heavy (non-hydrogen) atoms. The molecular weight excluding hydrogens is 246 g/mol. The van der Waals surface area contributed by atoms with Gasteiger partial charge in [0.1, 0.15) is 5.84 Å². The first-order chi connectivity index (χ1) is 9.93. The average Bonchev–Trinajstić information content (AvgIpc) is 2.76. The Balaban J connectivity index is 1.75. The number of hydrogen-bond acceptors (Lipinski definition) is 3. The van der Waals surface area contributed by atoms with Crippen LogP contribution in [0.5, 0.6) is 0 Å². The van der Waals surface area contributed by atoms with Gasteiger partial charge >= 0.3 is 0 Å². The van der Waals surface area contributed by atoms with Crippen LogP contribution in [0.4, 0.5) is 0 Å². The molecule has 0 aliphatic carbocycles. The van der Waals surface area contributed by atoms with Crippen LogP contribution in [0.15, 0.2) is 52.6 Å². The highest BCUT2D eigenvalue weighted by Gasteiger charge is 2.02. The number of nitrogens with zero attached hydrogens (tertiary/aromatic N) is 2. The maximum Gasteiger partial charge on any atom is 0.117 e. The Morgan fingerprint density at radius 2 is 1.90 bits per heavy atom. The van der Waals surface area contributed by atoms with E-state index in [-0.39, 0.29) is 0 Å². The highest BCUT2D eigenvalue weighted by Crippen LogP contribution is 2.16. The minimum absolute atomic E-state index is 0.923. The summed E-state index contributed by atoms with van der Waals surface area (Å²) >= 11 is 0. The van der Waals surface area contributed by atoms with Crippen molar-refractivity contribution in [1.29, 1.82) is 0 Å². The lowest BCUT2D eigenvalue weighted by atomic mass is 10.1. The van der Waals surface area contributed by atoms with E-state index in [2.05, 4.69) is 58.0 Å². The first-order valence-corrected chi connectivity index (χ1v) is 7.24. The van der Waals surface area contributed by atoms with Gasteiger partial charge in [-0.1, -0.05) is 48.9 Å². The Bertz CT molecular complexity index is 638. The fourth-order valence-electron chi connectivity index (χ4n) is 2.50. The van der Waals surface area contributed by atoms with Crippen molar-refractivity contribution in [3.63, 3.8) is 0 Å². The summed E-state index contributed by atoms with van der Waals surface area (Å²) in [6.45, 7) is 0.923. The van der Waals surface area contributed by atoms with Gasteiger partial charge in [-0.15, -0.1) is 0 Å². The van der Waals surface area contributed by atoms with Gasteiger partial charge < -0.3 is 0 Å². The van der Waals surface area contributed by atoms with E-state index in [1.807, 2.05) is 6.21 Å². The van der Waals surface area contributed by atoms with Gasteiger partial charge in [-0.25, -0.2) is 0 Å². The van der Waals surface area contributed by atoms with Gasteiger partial charge in [-0.05, 0) is 23.6 Å². The molecule has 2 aromatic rings. The van der Waals surface area contributed by atoms with Crippen molar-refractivity contribution in [2.75, 3.05) is 6.54 Å². The zero-order chi connectivity index (χ0) is 13.6. The molecule has 0 spiro atoms. The number of hydrogen-bond donors (Lipinski definition) is 1. The van der Waals surface area contributed by atoms with Crippen LogP contribution in [0.25, 0.3) is 10.8 Å². The van der Waals surface area contributed by atoms with Crippen molar-refractivity contribution in [1.82, 2.24) is 5.43 Å². The van der Waals surface area contributed by atoms with Crippen LogP contribution in [0.3, 0.4) is 0 Å². The average molecular weight is 265 g/mol. The zero-order valence-corrected chi connectivity index (χ0v) is 11.5. The molecule has 1 N–H and O–H groups in total. The lowest BCUT2D eigenvalue weighted by molar-refractivity contribution is 0.729. The van der Waals surface area contributed by atoms with E-state index in [1.54, 1.807) is 0 Å². The maximum atomic E-state index is 4.51. The Kier molecular flexibility index (Phi) is 4.07. The van der Waals surface area contributed by atoms with E-state index in [0.717, 1.165) is 24.4 Å². The summed E-state index contributed by atoms with van der Waals surface area (Å²) in [6, 6.07) is 14.6. The fourth-order valence-corrected chi connectivity index (χ4v) is 2.50. The highest BCUT2D eigenvalue weighted by atomic mass is 15.3. The molecule has 0 amide bonds. The second-order valence-electron chi connectivity index (χ2n) is 5.08. The summed E-state index contributed by atoms with van der Waals surface area (Å²) in [5, 5.41) is 6.82. The SMILES string of the molecule is C(=N/NC1=NCCCCC1)/c1cccc2ccccc12. The van der Waals surface area contributed by atoms with Crippen LogP contribution in [0, 0.1) is 0 Å². The smallest absolute Gasteiger partial charge is 0.117 e. The minimum Gasteiger partial charge on any atom is -0.271 e. The second-order valence-corrected chi connectivity index (χ2v) is 5.08. The van der Waals surface area contributed by atoms with E-state index in [9.17, 15) is 0 Å². The van der Waals surface area contributed by atoms with Crippen molar-refractivity contribution < 1.29 is 0 Å². The summed E-state index contributed by atoms with van der Waals surface area (Å²) < 4.78 is 0. The van der Waals surface area contributed by atoms with Crippen molar-refractivity contribution in [3.05, 3.63) is 48.0 Å². The molecule has 0 atom stereocenters. The molecule has 0 saturated carbocycles. The maximum absolute atomic E-state index is 4.51. The summed E-state index contributed by atoms with van der Waals surface area (Å²) in [6.07, 6.45) is 6.55. The largest absolute Gasteiger partial charge is 0.271 e. The number of hydrazone groups is 1. The van der Waals surface area contributed by atoms with E-state index < -0.39 is 0 Å². The van der Waals surface area contributed by atoms with Crippen LogP contribution in [-0.4, -0.2) is 18.6 Å². The summed E-state index contributed by atoms with van der Waals surface area (Å²) in [7, 11) is 0. The predicted octanol–water partition coefficient (Wildman–Crippen LogP) is 3.74. The minimum atomic E-state index is 0.923. The molecule has 1 aliphatic rings. The van der Waals surface area contributed by atoms with Crippen LogP contribution >= 0.6 is 0 Å². The van der Waals surface area contributed by atoms with Crippen molar-refractivity contribution in [3.8, 4) is 0 Å². The van der Waals surface area contributed by atoms with Crippen LogP contribution < -0.4 is 5.43 Å². The molecule has 0 radical (unpaired) electrons. The van der Waals surface area contributed by atoms with E-state index in [0.29, 0.717) is 0 Å². The summed E-state index contributed by atoms with van der Waals surface area (Å²) in [5.41, 5.74) is 4.22. The molecule has 1 aliphatic heterocycles. The molecule has 0 fully saturated rings. The molecule has 102 valence electrons. The number of nitrogens with one attached hydrogen (secondary N) is 1. The molecular formula is C17H19N3. The third-order valence-electron chi connectivity index (χ3n) is 3.59. The number of rotatable bonds is 2. The summed E-state index contributed by atoms with van der Waals surface area (Å²) in [4.78, 5) is 4.51. The number of fused-ring (bicyclic) bond motifs is 1. The third kappa shape index (κ3) is 3.05. The number of aliphatic imine (C=N–C) groups is 1. The molecule has 3 rings (SSSR count). The van der Waals surface area contributed by atoms with Gasteiger partial charge in [0.2, 0.25) is 0 Å². The normalized spacial score (nSPS) is 16.1.